The zero-order valence-corrected chi connectivity index (χ0v) is 17.1. The Morgan fingerprint density at radius 2 is 1.96 bits per heavy atom. The maximum atomic E-state index is 12.1. The number of carbonyl (C=O) groups is 1. The fraction of sp³-hybridized carbons (Fsp3) is 0.158. The van der Waals surface area contributed by atoms with E-state index >= 15 is 0 Å². The van der Waals surface area contributed by atoms with Crippen molar-refractivity contribution in [1.29, 1.82) is 0 Å². The highest BCUT2D eigenvalue weighted by molar-refractivity contribution is 8.00. The first-order chi connectivity index (χ1) is 12.5. The van der Waals surface area contributed by atoms with Crippen molar-refractivity contribution in [3.63, 3.8) is 0 Å². The third-order valence-corrected chi connectivity index (χ3v) is 6.28. The summed E-state index contributed by atoms with van der Waals surface area (Å²) in [5.41, 5.74) is 3.73. The van der Waals surface area contributed by atoms with Crippen LogP contribution in [0, 0.1) is 6.92 Å². The molecular weight excluding hydrogens is 407 g/mol. The molecule has 0 radical (unpaired) electrons. The fourth-order valence-corrected chi connectivity index (χ4v) is 4.62. The highest BCUT2D eigenvalue weighted by Crippen LogP contribution is 2.30. The van der Waals surface area contributed by atoms with Crippen LogP contribution in [-0.4, -0.2) is 10.9 Å². The Labute approximate surface area is 170 Å². The Morgan fingerprint density at radius 3 is 2.69 bits per heavy atom. The molecule has 3 aromatic rings. The summed E-state index contributed by atoms with van der Waals surface area (Å²) >= 11 is 15.2. The van der Waals surface area contributed by atoms with Gasteiger partial charge in [0.05, 0.1) is 12.1 Å². The molecule has 0 aliphatic carbocycles. The summed E-state index contributed by atoms with van der Waals surface area (Å²) < 4.78 is 0.911. The molecule has 0 saturated heterocycles. The van der Waals surface area contributed by atoms with Gasteiger partial charge < -0.3 is 5.32 Å². The lowest BCUT2D eigenvalue weighted by molar-refractivity contribution is -0.115. The summed E-state index contributed by atoms with van der Waals surface area (Å²) in [4.78, 5) is 16.7. The predicted octanol–water partition coefficient (Wildman–Crippen LogP) is 6.23. The predicted molar refractivity (Wildman–Crippen MR) is 112 cm³/mol. The number of aromatic nitrogens is 1. The number of aryl methyl sites for hydroxylation is 1. The molecule has 0 unspecified atom stereocenters. The zero-order chi connectivity index (χ0) is 18.5. The van der Waals surface area contributed by atoms with Crippen molar-refractivity contribution in [2.24, 2.45) is 0 Å². The number of halogens is 2. The zero-order valence-electron chi connectivity index (χ0n) is 14.0. The van der Waals surface area contributed by atoms with E-state index in [2.05, 4.69) is 10.3 Å². The van der Waals surface area contributed by atoms with Crippen molar-refractivity contribution in [1.82, 2.24) is 4.98 Å². The lowest BCUT2D eigenvalue weighted by atomic mass is 10.2. The van der Waals surface area contributed by atoms with Crippen LogP contribution >= 0.6 is 46.3 Å². The largest absolute Gasteiger partial charge is 0.326 e. The number of rotatable bonds is 6. The third kappa shape index (κ3) is 5.48. The molecule has 1 aromatic heterocycles. The topological polar surface area (TPSA) is 42.0 Å². The maximum absolute atomic E-state index is 12.1. The number of thiazole rings is 1. The number of carbonyl (C=O) groups excluding carboxylic acids is 1. The summed E-state index contributed by atoms with van der Waals surface area (Å²) in [6.45, 7) is 2.01. The summed E-state index contributed by atoms with van der Waals surface area (Å²) in [5, 5.41) is 6.08. The number of nitrogens with zero attached hydrogens (tertiary/aromatic N) is 1. The molecule has 2 aromatic carbocycles. The van der Waals surface area contributed by atoms with E-state index in [-0.39, 0.29) is 12.3 Å². The number of benzene rings is 2. The van der Waals surface area contributed by atoms with Crippen molar-refractivity contribution < 1.29 is 4.79 Å². The average Bonchev–Trinajstić information content (AvgIpc) is 3.03. The van der Waals surface area contributed by atoms with Crippen LogP contribution in [0.1, 0.15) is 16.8 Å². The van der Waals surface area contributed by atoms with Crippen LogP contribution in [0.3, 0.4) is 0 Å². The SMILES string of the molecule is Cc1ccc(NC(=O)Cc2csc(SCc3ccc(Cl)cc3Cl)n2)cc1. The van der Waals surface area contributed by atoms with E-state index in [1.165, 1.54) is 11.3 Å². The van der Waals surface area contributed by atoms with Crippen molar-refractivity contribution in [3.05, 3.63) is 74.7 Å². The number of hydrogen-bond acceptors (Lipinski definition) is 4. The van der Waals surface area contributed by atoms with Gasteiger partial charge in [0.1, 0.15) is 4.34 Å². The Balaban J connectivity index is 1.54. The number of anilines is 1. The maximum Gasteiger partial charge on any atom is 0.230 e. The van der Waals surface area contributed by atoms with E-state index in [4.69, 9.17) is 23.2 Å². The standard InChI is InChI=1S/C19H16Cl2N2OS2/c1-12-2-6-15(7-3-12)22-18(24)9-16-11-26-19(23-16)25-10-13-4-5-14(20)8-17(13)21/h2-8,11H,9-10H2,1H3,(H,22,24). The minimum Gasteiger partial charge on any atom is -0.326 e. The van der Waals surface area contributed by atoms with E-state index in [1.807, 2.05) is 48.7 Å². The van der Waals surface area contributed by atoms with Crippen LogP contribution in [0.2, 0.25) is 10.0 Å². The van der Waals surface area contributed by atoms with Crippen molar-refractivity contribution in [2.75, 3.05) is 5.32 Å². The molecule has 1 N–H and O–H groups in total. The van der Waals surface area contributed by atoms with Gasteiger partial charge >= 0.3 is 0 Å². The van der Waals surface area contributed by atoms with Gasteiger partial charge in [0, 0.05) is 26.9 Å². The van der Waals surface area contributed by atoms with E-state index < -0.39 is 0 Å². The minimum atomic E-state index is -0.0727. The monoisotopic (exact) mass is 422 g/mol. The first-order valence-corrected chi connectivity index (χ1v) is 10.5. The highest BCUT2D eigenvalue weighted by atomic mass is 35.5. The Kier molecular flexibility index (Phi) is 6.59. The van der Waals surface area contributed by atoms with E-state index in [1.54, 1.807) is 17.8 Å². The Bertz CT molecular complexity index is 910. The second-order valence-corrected chi connectivity index (χ2v) is 8.64. The van der Waals surface area contributed by atoms with E-state index in [9.17, 15) is 4.79 Å². The Hall–Kier alpha value is -1.53. The highest BCUT2D eigenvalue weighted by Gasteiger charge is 2.10. The smallest absolute Gasteiger partial charge is 0.230 e. The molecule has 1 amide bonds. The van der Waals surface area contributed by atoms with Crippen LogP contribution in [0.15, 0.2) is 52.2 Å². The van der Waals surface area contributed by atoms with Gasteiger partial charge in [-0.3, -0.25) is 4.79 Å². The minimum absolute atomic E-state index is 0.0727. The van der Waals surface area contributed by atoms with Crippen LogP contribution in [-0.2, 0) is 17.0 Å². The molecule has 0 bridgehead atoms. The number of amides is 1. The lowest BCUT2D eigenvalue weighted by Gasteiger charge is -2.04. The molecule has 7 heteroatoms. The normalized spacial score (nSPS) is 10.7. The lowest BCUT2D eigenvalue weighted by Crippen LogP contribution is -2.14. The average molecular weight is 423 g/mol. The van der Waals surface area contributed by atoms with Crippen LogP contribution in [0.5, 0.6) is 0 Å². The van der Waals surface area contributed by atoms with Crippen molar-refractivity contribution in [2.45, 2.75) is 23.4 Å². The molecule has 134 valence electrons. The summed E-state index contributed by atoms with van der Waals surface area (Å²) in [7, 11) is 0. The van der Waals surface area contributed by atoms with E-state index in [0.29, 0.717) is 15.8 Å². The molecule has 3 rings (SSSR count). The van der Waals surface area contributed by atoms with Gasteiger partial charge in [-0.25, -0.2) is 4.98 Å². The molecule has 0 aliphatic rings. The summed E-state index contributed by atoms with van der Waals surface area (Å²) in [5.74, 6) is 0.634. The van der Waals surface area contributed by atoms with E-state index in [0.717, 1.165) is 26.8 Å². The molecule has 0 atom stereocenters. The van der Waals surface area contributed by atoms with Gasteiger partial charge in [0.15, 0.2) is 0 Å². The Morgan fingerprint density at radius 1 is 1.19 bits per heavy atom. The van der Waals surface area contributed by atoms with Gasteiger partial charge in [0.2, 0.25) is 5.91 Å². The molecular formula is C19H16Cl2N2OS2. The molecule has 1 heterocycles. The summed E-state index contributed by atoms with van der Waals surface area (Å²) in [6, 6.07) is 13.2. The summed E-state index contributed by atoms with van der Waals surface area (Å²) in [6.07, 6.45) is 0.257. The van der Waals surface area contributed by atoms with Gasteiger partial charge in [-0.2, -0.15) is 0 Å². The molecule has 3 nitrogen and oxygen atoms in total. The first-order valence-electron chi connectivity index (χ1n) is 7.87. The second kappa shape index (κ2) is 8.91. The molecule has 0 saturated carbocycles. The van der Waals surface area contributed by atoms with Crippen LogP contribution < -0.4 is 5.32 Å². The molecule has 0 aliphatic heterocycles. The van der Waals surface area contributed by atoms with Gasteiger partial charge in [-0.15, -0.1) is 11.3 Å². The third-order valence-electron chi connectivity index (χ3n) is 3.57. The molecule has 26 heavy (non-hydrogen) atoms. The van der Waals surface area contributed by atoms with Crippen LogP contribution in [0.4, 0.5) is 5.69 Å². The van der Waals surface area contributed by atoms with Crippen LogP contribution in [0.25, 0.3) is 0 Å². The van der Waals surface area contributed by atoms with Gasteiger partial charge in [0.25, 0.3) is 0 Å². The number of thioether (sulfide) groups is 1. The molecule has 0 fully saturated rings. The number of hydrogen-bond donors (Lipinski definition) is 1. The number of nitrogens with one attached hydrogen (secondary N) is 1. The van der Waals surface area contributed by atoms with Gasteiger partial charge in [-0.1, -0.05) is 58.7 Å². The van der Waals surface area contributed by atoms with Crippen molar-refractivity contribution >= 4 is 57.9 Å². The quantitative estimate of drug-likeness (QED) is 0.478. The van der Waals surface area contributed by atoms with Gasteiger partial charge in [-0.05, 0) is 36.8 Å². The molecule has 0 spiro atoms. The van der Waals surface area contributed by atoms with Crippen molar-refractivity contribution in [3.8, 4) is 0 Å². The first kappa shape index (κ1) is 19.2. The second-order valence-electron chi connectivity index (χ2n) is 5.72. The fourth-order valence-electron chi connectivity index (χ4n) is 2.22.